The van der Waals surface area contributed by atoms with Gasteiger partial charge in [0.2, 0.25) is 0 Å². The lowest BCUT2D eigenvalue weighted by molar-refractivity contribution is 0.869. The Morgan fingerprint density at radius 1 is 1.19 bits per heavy atom. The summed E-state index contributed by atoms with van der Waals surface area (Å²) in [6.07, 6.45) is 9.34. The molecule has 0 aliphatic carbocycles. The van der Waals surface area contributed by atoms with Gasteiger partial charge >= 0.3 is 0 Å². The second kappa shape index (κ2) is 7.30. The van der Waals surface area contributed by atoms with Crippen LogP contribution in [-0.4, -0.2) is 0 Å². The Hall–Kier alpha value is -2.02. The summed E-state index contributed by atoms with van der Waals surface area (Å²) in [4.78, 5) is 0. The zero-order chi connectivity index (χ0) is 11.6. The van der Waals surface area contributed by atoms with E-state index >= 15 is 0 Å². The Bertz CT molecular complexity index is 385. The van der Waals surface area contributed by atoms with E-state index in [0.717, 1.165) is 12.1 Å². The molecule has 1 aromatic rings. The Labute approximate surface area is 97.5 Å². The van der Waals surface area contributed by atoms with Gasteiger partial charge in [0.05, 0.1) is 0 Å². The number of benzene rings is 1. The lowest BCUT2D eigenvalue weighted by Crippen LogP contribution is -2.03. The summed E-state index contributed by atoms with van der Waals surface area (Å²) in [6, 6.07) is 10.3. The Balaban J connectivity index is 2.41. The number of allylic oxidation sites excluding steroid dienone is 5. The van der Waals surface area contributed by atoms with E-state index in [-0.39, 0.29) is 0 Å². The maximum absolute atomic E-state index is 3.72. The van der Waals surface area contributed by atoms with Crippen LogP contribution < -0.4 is 5.32 Å². The monoisotopic (exact) mass is 211 g/mol. The maximum Gasteiger partial charge on any atom is 0.0395 e. The van der Waals surface area contributed by atoms with Gasteiger partial charge in [0, 0.05) is 6.54 Å². The van der Waals surface area contributed by atoms with Gasteiger partial charge in [-0.1, -0.05) is 61.7 Å². The first-order valence-corrected chi connectivity index (χ1v) is 5.26. The summed E-state index contributed by atoms with van der Waals surface area (Å²) < 4.78 is 0. The first-order valence-electron chi connectivity index (χ1n) is 5.26. The van der Waals surface area contributed by atoms with Crippen LogP contribution in [0.5, 0.6) is 0 Å². The maximum atomic E-state index is 3.72. The Morgan fingerprint density at radius 2 is 1.94 bits per heavy atom. The minimum atomic E-state index is 0.829. The average molecular weight is 211 g/mol. The normalized spacial score (nSPS) is 11.4. The molecule has 82 valence electrons. The number of rotatable bonds is 6. The predicted molar refractivity (Wildman–Crippen MR) is 70.9 cm³/mol. The SMILES string of the molecule is C=C/C=C(C=C)/C=C\NCc1ccccc1. The molecule has 0 aliphatic rings. The highest BCUT2D eigenvalue weighted by Crippen LogP contribution is 1.99. The van der Waals surface area contributed by atoms with Gasteiger partial charge in [-0.3, -0.25) is 0 Å². The summed E-state index contributed by atoms with van der Waals surface area (Å²) in [5, 5.41) is 3.22. The molecule has 0 heterocycles. The topological polar surface area (TPSA) is 12.0 Å². The van der Waals surface area contributed by atoms with Crippen LogP contribution in [0, 0.1) is 0 Å². The van der Waals surface area contributed by atoms with Crippen LogP contribution in [-0.2, 0) is 6.54 Å². The number of hydrogen-bond donors (Lipinski definition) is 1. The van der Waals surface area contributed by atoms with Crippen LogP contribution in [0.2, 0.25) is 0 Å². The second-order valence-corrected chi connectivity index (χ2v) is 3.31. The highest BCUT2D eigenvalue weighted by Gasteiger charge is 1.86. The van der Waals surface area contributed by atoms with Gasteiger partial charge in [0.15, 0.2) is 0 Å². The third-order valence-corrected chi connectivity index (χ3v) is 2.09. The minimum Gasteiger partial charge on any atom is -0.387 e. The predicted octanol–water partition coefficient (Wildman–Crippen LogP) is 3.59. The molecule has 16 heavy (non-hydrogen) atoms. The number of nitrogens with one attached hydrogen (secondary N) is 1. The molecule has 0 aromatic heterocycles. The molecule has 0 fully saturated rings. The molecule has 0 saturated carbocycles. The highest BCUT2D eigenvalue weighted by molar-refractivity contribution is 5.31. The second-order valence-electron chi connectivity index (χ2n) is 3.31. The quantitative estimate of drug-likeness (QED) is 0.709. The van der Waals surface area contributed by atoms with E-state index in [1.165, 1.54) is 5.56 Å². The van der Waals surface area contributed by atoms with E-state index < -0.39 is 0 Å². The largest absolute Gasteiger partial charge is 0.387 e. The van der Waals surface area contributed by atoms with E-state index in [0.29, 0.717) is 0 Å². The van der Waals surface area contributed by atoms with Crippen LogP contribution in [0.25, 0.3) is 0 Å². The zero-order valence-electron chi connectivity index (χ0n) is 9.39. The fourth-order valence-corrected chi connectivity index (χ4v) is 1.26. The van der Waals surface area contributed by atoms with Crippen molar-refractivity contribution in [2.24, 2.45) is 0 Å². The molecule has 0 radical (unpaired) electrons. The van der Waals surface area contributed by atoms with Gasteiger partial charge in [-0.2, -0.15) is 0 Å². The molecule has 0 atom stereocenters. The minimum absolute atomic E-state index is 0.829. The standard InChI is InChI=1S/C15H17N/c1-3-8-14(4-2)11-12-16-13-15-9-6-5-7-10-15/h3-12,16H,1-2,13H2/b12-11-,14-8+. The molecular formula is C15H17N. The number of hydrogen-bond acceptors (Lipinski definition) is 1. The summed E-state index contributed by atoms with van der Waals surface area (Å²) in [5.41, 5.74) is 2.30. The lowest BCUT2D eigenvalue weighted by Gasteiger charge is -2.00. The molecule has 1 N–H and O–H groups in total. The molecule has 0 saturated heterocycles. The van der Waals surface area contributed by atoms with Gasteiger partial charge in [-0.25, -0.2) is 0 Å². The van der Waals surface area contributed by atoms with Gasteiger partial charge in [-0.05, 0) is 23.4 Å². The van der Waals surface area contributed by atoms with Gasteiger partial charge < -0.3 is 5.32 Å². The van der Waals surface area contributed by atoms with E-state index in [4.69, 9.17) is 0 Å². The molecule has 1 heteroatoms. The van der Waals surface area contributed by atoms with Crippen molar-refractivity contribution < 1.29 is 0 Å². The van der Waals surface area contributed by atoms with Crippen LogP contribution in [0.3, 0.4) is 0 Å². The molecule has 1 rings (SSSR count). The van der Waals surface area contributed by atoms with Crippen LogP contribution >= 0.6 is 0 Å². The first-order chi connectivity index (χ1) is 7.86. The Kier molecular flexibility index (Phi) is 5.49. The molecular weight excluding hydrogens is 194 g/mol. The van der Waals surface area contributed by atoms with E-state index in [1.54, 1.807) is 12.2 Å². The van der Waals surface area contributed by atoms with Crippen molar-refractivity contribution in [1.29, 1.82) is 0 Å². The van der Waals surface area contributed by atoms with Crippen molar-refractivity contribution in [3.8, 4) is 0 Å². The van der Waals surface area contributed by atoms with Crippen molar-refractivity contribution in [3.63, 3.8) is 0 Å². The van der Waals surface area contributed by atoms with Crippen molar-refractivity contribution in [3.05, 3.63) is 85.1 Å². The van der Waals surface area contributed by atoms with Crippen molar-refractivity contribution in [2.75, 3.05) is 0 Å². The van der Waals surface area contributed by atoms with Crippen molar-refractivity contribution in [1.82, 2.24) is 5.32 Å². The molecule has 0 amide bonds. The van der Waals surface area contributed by atoms with Gasteiger partial charge in [-0.15, -0.1) is 0 Å². The van der Waals surface area contributed by atoms with E-state index in [9.17, 15) is 0 Å². The van der Waals surface area contributed by atoms with Crippen LogP contribution in [0.4, 0.5) is 0 Å². The van der Waals surface area contributed by atoms with Crippen molar-refractivity contribution >= 4 is 0 Å². The smallest absolute Gasteiger partial charge is 0.0395 e. The lowest BCUT2D eigenvalue weighted by atomic mass is 10.2. The van der Waals surface area contributed by atoms with Crippen LogP contribution in [0.1, 0.15) is 5.56 Å². The van der Waals surface area contributed by atoms with Crippen molar-refractivity contribution in [2.45, 2.75) is 6.54 Å². The fourth-order valence-electron chi connectivity index (χ4n) is 1.26. The summed E-state index contributed by atoms with van der Waals surface area (Å²) in [5.74, 6) is 0. The average Bonchev–Trinajstić information content (AvgIpc) is 2.34. The summed E-state index contributed by atoms with van der Waals surface area (Å²) >= 11 is 0. The van der Waals surface area contributed by atoms with E-state index in [2.05, 4.69) is 30.6 Å². The third-order valence-electron chi connectivity index (χ3n) is 2.09. The summed E-state index contributed by atoms with van der Waals surface area (Å²) in [7, 11) is 0. The highest BCUT2D eigenvalue weighted by atomic mass is 14.8. The Morgan fingerprint density at radius 3 is 2.56 bits per heavy atom. The van der Waals surface area contributed by atoms with Crippen LogP contribution in [0.15, 0.2) is 79.6 Å². The van der Waals surface area contributed by atoms with Gasteiger partial charge in [0.25, 0.3) is 0 Å². The van der Waals surface area contributed by atoms with E-state index in [1.807, 2.05) is 36.6 Å². The first kappa shape index (κ1) is 12.1. The molecule has 0 unspecified atom stereocenters. The zero-order valence-corrected chi connectivity index (χ0v) is 9.39. The molecule has 1 aromatic carbocycles. The molecule has 0 bridgehead atoms. The molecule has 1 nitrogen and oxygen atoms in total. The van der Waals surface area contributed by atoms with Gasteiger partial charge in [0.1, 0.15) is 0 Å². The third kappa shape index (κ3) is 4.47. The fraction of sp³-hybridized carbons (Fsp3) is 0.0667. The molecule has 0 spiro atoms. The summed E-state index contributed by atoms with van der Waals surface area (Å²) in [6.45, 7) is 8.20. The molecule has 0 aliphatic heterocycles.